The fourth-order valence-electron chi connectivity index (χ4n) is 2.44. The Hall–Kier alpha value is -3.10. The Balaban J connectivity index is 1.85. The zero-order valence-electron chi connectivity index (χ0n) is 15.7. The van der Waals surface area contributed by atoms with Gasteiger partial charge in [-0.15, -0.1) is 0 Å². The second kappa shape index (κ2) is 11.6. The molecule has 8 nitrogen and oxygen atoms in total. The van der Waals surface area contributed by atoms with E-state index in [4.69, 9.17) is 4.74 Å². The minimum absolute atomic E-state index is 0.176. The van der Waals surface area contributed by atoms with Crippen LogP contribution in [0.1, 0.15) is 12.8 Å². The first-order valence-electron chi connectivity index (χ1n) is 8.98. The van der Waals surface area contributed by atoms with Crippen molar-refractivity contribution in [1.29, 1.82) is 0 Å². The van der Waals surface area contributed by atoms with Crippen molar-refractivity contribution < 1.29 is 24.7 Å². The number of amides is 1. The highest BCUT2D eigenvalue weighted by atomic mass is 16.5. The van der Waals surface area contributed by atoms with Gasteiger partial charge in [0.15, 0.2) is 0 Å². The van der Waals surface area contributed by atoms with E-state index in [1.54, 1.807) is 36.7 Å². The van der Waals surface area contributed by atoms with Crippen molar-refractivity contribution in [1.82, 2.24) is 0 Å². The first kappa shape index (κ1) is 21.2. The van der Waals surface area contributed by atoms with Crippen LogP contribution in [0, 0.1) is 0 Å². The van der Waals surface area contributed by atoms with E-state index in [1.165, 1.54) is 0 Å². The number of carboxylic acids is 1. The third kappa shape index (κ3) is 7.65. The third-order valence-electron chi connectivity index (χ3n) is 3.90. The van der Waals surface area contributed by atoms with Crippen LogP contribution in [0.3, 0.4) is 0 Å². The molecule has 2 aromatic carbocycles. The lowest BCUT2D eigenvalue weighted by Crippen LogP contribution is -2.93. The Morgan fingerprint density at radius 1 is 1.07 bits per heavy atom. The minimum Gasteiger partial charge on any atom is -0.544 e. The summed E-state index contributed by atoms with van der Waals surface area (Å²) in [6, 6.07) is 15.2. The molecule has 0 aliphatic carbocycles. The Labute approximate surface area is 163 Å². The van der Waals surface area contributed by atoms with Gasteiger partial charge in [-0.1, -0.05) is 18.2 Å². The number of hydrogen-bond donors (Lipinski definition) is 2. The number of carboxylic acid groups (broad SMARTS) is 1. The monoisotopic (exact) mass is 384 g/mol. The molecule has 148 valence electrons. The van der Waals surface area contributed by atoms with Gasteiger partial charge in [0.05, 0.1) is 36.9 Å². The molecule has 0 fully saturated rings. The molecule has 0 radical (unpaired) electrons. The second-order valence-corrected chi connectivity index (χ2v) is 6.13. The molecule has 1 atom stereocenters. The number of quaternary nitrogens is 1. The van der Waals surface area contributed by atoms with Crippen LogP contribution in [-0.4, -0.2) is 38.2 Å². The van der Waals surface area contributed by atoms with Gasteiger partial charge in [-0.3, -0.25) is 4.79 Å². The number of ether oxygens (including phenoxy) is 1. The number of anilines is 1. The molecule has 0 heterocycles. The Kier molecular flexibility index (Phi) is 8.77. The van der Waals surface area contributed by atoms with Crippen molar-refractivity contribution in [2.75, 3.05) is 25.6 Å². The van der Waals surface area contributed by atoms with Crippen LogP contribution < -0.4 is 15.7 Å². The van der Waals surface area contributed by atoms with Crippen molar-refractivity contribution in [2.45, 2.75) is 18.9 Å². The maximum Gasteiger partial charge on any atom is 0.230 e. The van der Waals surface area contributed by atoms with E-state index in [0.29, 0.717) is 30.9 Å². The van der Waals surface area contributed by atoms with Crippen LogP contribution in [0.4, 0.5) is 17.1 Å². The average molecular weight is 384 g/mol. The number of hydrogen-bond acceptors (Lipinski definition) is 6. The van der Waals surface area contributed by atoms with E-state index >= 15 is 0 Å². The largest absolute Gasteiger partial charge is 0.544 e. The Bertz CT molecular complexity index is 779. The van der Waals surface area contributed by atoms with E-state index in [0.717, 1.165) is 5.69 Å². The van der Waals surface area contributed by atoms with Crippen molar-refractivity contribution in [3.8, 4) is 0 Å². The smallest absolute Gasteiger partial charge is 0.230 e. The highest BCUT2D eigenvalue weighted by Crippen LogP contribution is 2.20. The number of aliphatic carboxylic acids is 1. The van der Waals surface area contributed by atoms with Gasteiger partial charge in [0.25, 0.3) is 0 Å². The predicted molar refractivity (Wildman–Crippen MR) is 102 cm³/mol. The summed E-state index contributed by atoms with van der Waals surface area (Å²) in [5, 5.41) is 23.7. The van der Waals surface area contributed by atoms with Crippen molar-refractivity contribution >= 4 is 28.9 Å². The van der Waals surface area contributed by atoms with Gasteiger partial charge in [-0.05, 0) is 36.4 Å². The quantitative estimate of drug-likeness (QED) is 0.446. The molecule has 3 N–H and O–H groups in total. The van der Waals surface area contributed by atoms with E-state index in [9.17, 15) is 14.7 Å². The zero-order chi connectivity index (χ0) is 20.2. The molecule has 2 aromatic rings. The summed E-state index contributed by atoms with van der Waals surface area (Å²) in [6.07, 6.45) is 0.520. The van der Waals surface area contributed by atoms with E-state index in [-0.39, 0.29) is 6.42 Å². The summed E-state index contributed by atoms with van der Waals surface area (Å²) in [6.45, 7) is 1.08. The number of carbonyl (C=O) groups is 2. The number of methoxy groups -OCH3 is 1. The van der Waals surface area contributed by atoms with Crippen LogP contribution in [-0.2, 0) is 14.3 Å². The van der Waals surface area contributed by atoms with E-state index in [2.05, 4.69) is 15.5 Å². The van der Waals surface area contributed by atoms with Gasteiger partial charge in [0.2, 0.25) is 5.91 Å². The van der Waals surface area contributed by atoms with Gasteiger partial charge in [-0.25, -0.2) is 0 Å². The summed E-state index contributed by atoms with van der Waals surface area (Å²) >= 11 is 0. The van der Waals surface area contributed by atoms with Crippen LogP contribution in [0.15, 0.2) is 64.8 Å². The molecule has 8 heteroatoms. The third-order valence-corrected chi connectivity index (χ3v) is 3.90. The summed E-state index contributed by atoms with van der Waals surface area (Å²) in [4.78, 5) is 23.3. The summed E-state index contributed by atoms with van der Waals surface area (Å²) in [5.74, 6) is -1.65. The summed E-state index contributed by atoms with van der Waals surface area (Å²) in [7, 11) is 1.58. The normalized spacial score (nSPS) is 12.0. The number of rotatable bonds is 11. The fraction of sp³-hybridized carbons (Fsp3) is 0.300. The van der Waals surface area contributed by atoms with Crippen molar-refractivity contribution in [2.24, 2.45) is 10.2 Å². The molecule has 2 rings (SSSR count). The van der Waals surface area contributed by atoms with Crippen molar-refractivity contribution in [3.05, 3.63) is 54.6 Å². The molecule has 0 bridgehead atoms. The number of benzene rings is 2. The number of nitrogens with two attached hydrogens (primary N) is 1. The maximum atomic E-state index is 12.1. The van der Waals surface area contributed by atoms with Crippen LogP contribution in [0.5, 0.6) is 0 Å². The van der Waals surface area contributed by atoms with E-state index < -0.39 is 17.9 Å². The highest BCUT2D eigenvalue weighted by Gasteiger charge is 2.18. The SMILES string of the molecule is COCCC[NH2+][C@H](CC(=O)Nc1ccc(N=Nc2ccccc2)cc1)C(=O)[O-]. The highest BCUT2D eigenvalue weighted by molar-refractivity contribution is 5.93. The number of azo groups is 1. The molecular weight excluding hydrogens is 360 g/mol. The molecule has 0 unspecified atom stereocenters. The molecule has 0 aromatic heterocycles. The number of carbonyl (C=O) groups excluding carboxylic acids is 2. The Morgan fingerprint density at radius 2 is 1.71 bits per heavy atom. The van der Waals surface area contributed by atoms with Crippen molar-refractivity contribution in [3.63, 3.8) is 0 Å². The predicted octanol–water partition coefficient (Wildman–Crippen LogP) is 1.15. The van der Waals surface area contributed by atoms with Gasteiger partial charge in [-0.2, -0.15) is 10.2 Å². The first-order valence-corrected chi connectivity index (χ1v) is 8.98. The minimum atomic E-state index is -1.26. The lowest BCUT2D eigenvalue weighted by molar-refractivity contribution is -0.682. The topological polar surface area (TPSA) is 120 Å². The first-order chi connectivity index (χ1) is 13.6. The molecule has 0 spiro atoms. The molecule has 28 heavy (non-hydrogen) atoms. The van der Waals surface area contributed by atoms with Crippen LogP contribution >= 0.6 is 0 Å². The van der Waals surface area contributed by atoms with Crippen LogP contribution in [0.25, 0.3) is 0 Å². The number of nitrogens with zero attached hydrogens (tertiary/aromatic N) is 2. The lowest BCUT2D eigenvalue weighted by Gasteiger charge is -2.16. The molecule has 1 amide bonds. The van der Waals surface area contributed by atoms with Gasteiger partial charge in [0.1, 0.15) is 6.04 Å². The zero-order valence-corrected chi connectivity index (χ0v) is 15.7. The lowest BCUT2D eigenvalue weighted by atomic mass is 10.2. The Morgan fingerprint density at radius 3 is 2.32 bits per heavy atom. The van der Waals surface area contributed by atoms with Gasteiger partial charge >= 0.3 is 0 Å². The molecule has 0 saturated heterocycles. The van der Waals surface area contributed by atoms with E-state index in [1.807, 2.05) is 30.3 Å². The standard InChI is InChI=1S/C20H24N4O4/c1-28-13-5-12-21-18(20(26)27)14-19(25)22-15-8-10-17(11-9-15)24-23-16-6-3-2-4-7-16/h2-4,6-11,18,21H,5,12-14H2,1H3,(H,22,25)(H,26,27)/t18-/m1/s1. The molecule has 0 saturated carbocycles. The van der Waals surface area contributed by atoms with Gasteiger partial charge < -0.3 is 25.3 Å². The number of nitrogens with one attached hydrogen (secondary N) is 1. The molecule has 0 aliphatic rings. The average Bonchev–Trinajstić information content (AvgIpc) is 2.70. The van der Waals surface area contributed by atoms with Crippen LogP contribution in [0.2, 0.25) is 0 Å². The molecule has 0 aliphatic heterocycles. The maximum absolute atomic E-state index is 12.1. The summed E-state index contributed by atoms with van der Waals surface area (Å²) in [5.41, 5.74) is 1.94. The van der Waals surface area contributed by atoms with Gasteiger partial charge in [0, 0.05) is 19.2 Å². The second-order valence-electron chi connectivity index (χ2n) is 6.13. The summed E-state index contributed by atoms with van der Waals surface area (Å²) < 4.78 is 4.92. The fourth-order valence-corrected chi connectivity index (χ4v) is 2.44. The molecular formula is C20H24N4O4.